The summed E-state index contributed by atoms with van der Waals surface area (Å²) in [7, 11) is 2.56. The van der Waals surface area contributed by atoms with Gasteiger partial charge < -0.3 is 35.0 Å². The fraction of sp³-hybridized carbons (Fsp3) is 1.00. The van der Waals surface area contributed by atoms with E-state index >= 15 is 0 Å². The van der Waals surface area contributed by atoms with Crippen molar-refractivity contribution < 1.29 is 13.3 Å². The molecule has 122 valence electrons. The molecular weight excluding hydrogens is 276 g/mol. The molecule has 0 fully saturated rings. The van der Waals surface area contributed by atoms with Gasteiger partial charge in [-0.3, -0.25) is 0 Å². The number of hydrogen-bond acceptors (Lipinski definition) is 7. The van der Waals surface area contributed by atoms with Crippen LogP contribution in [0.3, 0.4) is 0 Å². The van der Waals surface area contributed by atoms with Gasteiger partial charge in [0.2, 0.25) is 0 Å². The molecule has 0 rings (SSSR count). The highest BCUT2D eigenvalue weighted by molar-refractivity contribution is 6.60. The van der Waals surface area contributed by atoms with Crippen molar-refractivity contribution in [2.45, 2.75) is 12.5 Å². The molecule has 0 bridgehead atoms. The molecule has 20 heavy (non-hydrogen) atoms. The first kappa shape index (κ1) is 19.9. The molecule has 7 nitrogen and oxygen atoms in total. The van der Waals surface area contributed by atoms with Crippen LogP contribution in [-0.4, -0.2) is 75.9 Å². The first-order valence-electron chi connectivity index (χ1n) is 7.22. The molecule has 0 aliphatic carbocycles. The van der Waals surface area contributed by atoms with Crippen molar-refractivity contribution >= 4 is 8.80 Å². The number of nitrogens with two attached hydrogens (primary N) is 1. The summed E-state index contributed by atoms with van der Waals surface area (Å²) in [6.45, 7) is 6.36. The lowest BCUT2D eigenvalue weighted by Gasteiger charge is -2.24. The van der Waals surface area contributed by atoms with E-state index in [1.807, 2.05) is 0 Å². The Morgan fingerprint density at radius 1 is 0.750 bits per heavy atom. The van der Waals surface area contributed by atoms with Crippen LogP contribution >= 0.6 is 0 Å². The fourth-order valence-corrected chi connectivity index (χ4v) is 3.54. The maximum Gasteiger partial charge on any atom is 0.500 e. The zero-order valence-electron chi connectivity index (χ0n) is 13.2. The Hall–Kier alpha value is -0.0631. The predicted molar refractivity (Wildman–Crippen MR) is 83.9 cm³/mol. The Balaban J connectivity index is 3.32. The second-order valence-corrected chi connectivity index (χ2v) is 7.53. The maximum atomic E-state index is 5.38. The standard InChI is InChI=1S/C12H32N4O3Si/c1-17-20(18-2,19-3)12-4-6-14-8-10-16-11-9-15-7-5-13/h14-16H,4-13H2,1-3H3. The largest absolute Gasteiger partial charge is 0.500 e. The molecule has 0 radical (unpaired) electrons. The molecule has 0 saturated heterocycles. The highest BCUT2D eigenvalue weighted by Crippen LogP contribution is 2.14. The van der Waals surface area contributed by atoms with Gasteiger partial charge in [0.15, 0.2) is 0 Å². The van der Waals surface area contributed by atoms with E-state index < -0.39 is 8.80 Å². The first-order valence-corrected chi connectivity index (χ1v) is 9.15. The Labute approximate surface area is 124 Å². The molecule has 0 aromatic heterocycles. The van der Waals surface area contributed by atoms with Crippen molar-refractivity contribution in [1.29, 1.82) is 0 Å². The average Bonchev–Trinajstić information content (AvgIpc) is 2.49. The summed E-state index contributed by atoms with van der Waals surface area (Å²) < 4.78 is 16.1. The van der Waals surface area contributed by atoms with Crippen LogP contribution in [0.25, 0.3) is 0 Å². The summed E-state index contributed by atoms with van der Waals surface area (Å²) in [6.07, 6.45) is 0.986. The molecule has 0 aromatic carbocycles. The molecule has 0 atom stereocenters. The summed E-state index contributed by atoms with van der Waals surface area (Å²) in [5.41, 5.74) is 5.38. The minimum atomic E-state index is -2.39. The minimum Gasteiger partial charge on any atom is -0.377 e. The summed E-state index contributed by atoms with van der Waals surface area (Å²) in [4.78, 5) is 0. The van der Waals surface area contributed by atoms with Gasteiger partial charge in [-0.15, -0.1) is 0 Å². The lowest BCUT2D eigenvalue weighted by atomic mass is 10.4. The SMILES string of the molecule is CO[Si](CCCNCCNCCNCCN)(OC)OC. The van der Waals surface area contributed by atoms with Crippen molar-refractivity contribution in [3.63, 3.8) is 0 Å². The van der Waals surface area contributed by atoms with Crippen LogP contribution < -0.4 is 21.7 Å². The van der Waals surface area contributed by atoms with Gasteiger partial charge in [0.05, 0.1) is 0 Å². The second kappa shape index (κ2) is 13.9. The van der Waals surface area contributed by atoms with Crippen molar-refractivity contribution in [3.05, 3.63) is 0 Å². The van der Waals surface area contributed by atoms with E-state index in [4.69, 9.17) is 19.0 Å². The average molecular weight is 308 g/mol. The van der Waals surface area contributed by atoms with Crippen LogP contribution in [-0.2, 0) is 13.3 Å². The predicted octanol–water partition coefficient (Wildman–Crippen LogP) is -1.02. The summed E-state index contributed by atoms with van der Waals surface area (Å²) in [6, 6.07) is 0.833. The molecule has 0 heterocycles. The van der Waals surface area contributed by atoms with Crippen molar-refractivity contribution in [2.24, 2.45) is 5.73 Å². The molecule has 0 unspecified atom stereocenters. The molecule has 5 N–H and O–H groups in total. The topological polar surface area (TPSA) is 89.8 Å². The lowest BCUT2D eigenvalue weighted by Crippen LogP contribution is -2.43. The molecule has 8 heteroatoms. The quantitative estimate of drug-likeness (QED) is 0.227. The van der Waals surface area contributed by atoms with Gasteiger partial charge in [0.25, 0.3) is 0 Å². The van der Waals surface area contributed by atoms with E-state index in [0.717, 1.165) is 51.7 Å². The Morgan fingerprint density at radius 2 is 1.20 bits per heavy atom. The molecule has 0 saturated carbocycles. The zero-order valence-corrected chi connectivity index (χ0v) is 14.2. The molecule has 0 aliphatic heterocycles. The highest BCUT2D eigenvalue weighted by atomic mass is 28.4. The minimum absolute atomic E-state index is 0.691. The molecule has 0 aliphatic rings. The van der Waals surface area contributed by atoms with Crippen LogP contribution in [0.15, 0.2) is 0 Å². The van der Waals surface area contributed by atoms with Crippen LogP contribution in [0.2, 0.25) is 6.04 Å². The third kappa shape index (κ3) is 9.78. The van der Waals surface area contributed by atoms with Crippen molar-refractivity contribution in [2.75, 3.05) is 67.1 Å². The Kier molecular flexibility index (Phi) is 13.9. The van der Waals surface area contributed by atoms with Gasteiger partial charge in [0, 0.05) is 66.6 Å². The zero-order chi connectivity index (χ0) is 15.1. The van der Waals surface area contributed by atoms with Crippen LogP contribution in [0, 0.1) is 0 Å². The van der Waals surface area contributed by atoms with Crippen LogP contribution in [0.5, 0.6) is 0 Å². The normalized spacial score (nSPS) is 12.0. The monoisotopic (exact) mass is 308 g/mol. The van der Waals surface area contributed by atoms with E-state index in [0.29, 0.717) is 6.54 Å². The van der Waals surface area contributed by atoms with Crippen LogP contribution in [0.4, 0.5) is 0 Å². The first-order chi connectivity index (χ1) is 9.74. The van der Waals surface area contributed by atoms with Gasteiger partial charge in [-0.2, -0.15) is 0 Å². The van der Waals surface area contributed by atoms with E-state index in [2.05, 4.69) is 16.0 Å². The fourth-order valence-electron chi connectivity index (χ4n) is 1.82. The summed E-state index contributed by atoms with van der Waals surface area (Å²) in [5, 5.41) is 9.98. The summed E-state index contributed by atoms with van der Waals surface area (Å²) in [5.74, 6) is 0. The number of hydrogen-bond donors (Lipinski definition) is 4. The van der Waals surface area contributed by atoms with Crippen molar-refractivity contribution in [3.8, 4) is 0 Å². The van der Waals surface area contributed by atoms with E-state index in [-0.39, 0.29) is 0 Å². The maximum absolute atomic E-state index is 5.38. The van der Waals surface area contributed by atoms with Gasteiger partial charge in [0.1, 0.15) is 0 Å². The van der Waals surface area contributed by atoms with Gasteiger partial charge >= 0.3 is 8.80 Å². The molecule has 0 spiro atoms. The van der Waals surface area contributed by atoms with E-state index in [1.165, 1.54) is 0 Å². The number of nitrogens with one attached hydrogen (secondary N) is 3. The van der Waals surface area contributed by atoms with Gasteiger partial charge in [-0.1, -0.05) is 0 Å². The third-order valence-electron chi connectivity index (χ3n) is 3.05. The lowest BCUT2D eigenvalue weighted by molar-refractivity contribution is 0.123. The van der Waals surface area contributed by atoms with E-state index in [9.17, 15) is 0 Å². The van der Waals surface area contributed by atoms with Crippen LogP contribution in [0.1, 0.15) is 6.42 Å². The van der Waals surface area contributed by atoms with Gasteiger partial charge in [-0.05, 0) is 13.0 Å². The molecular formula is C12H32N4O3Si. The summed E-state index contributed by atoms with van der Waals surface area (Å²) >= 11 is 0. The molecule has 0 aromatic rings. The molecule has 0 amide bonds. The Bertz CT molecular complexity index is 201. The van der Waals surface area contributed by atoms with Crippen molar-refractivity contribution in [1.82, 2.24) is 16.0 Å². The highest BCUT2D eigenvalue weighted by Gasteiger charge is 2.36. The second-order valence-electron chi connectivity index (χ2n) is 4.44. The van der Waals surface area contributed by atoms with E-state index in [1.54, 1.807) is 21.3 Å². The number of rotatable bonds is 15. The Morgan fingerprint density at radius 3 is 1.65 bits per heavy atom. The smallest absolute Gasteiger partial charge is 0.377 e. The third-order valence-corrected chi connectivity index (χ3v) is 5.88. The van der Waals surface area contributed by atoms with Gasteiger partial charge in [-0.25, -0.2) is 0 Å².